The number of ketones is 1. The van der Waals surface area contributed by atoms with Gasteiger partial charge in [0.1, 0.15) is 23.2 Å². The maximum Gasteiger partial charge on any atom is 0.329 e. The predicted octanol–water partition coefficient (Wildman–Crippen LogP) is 8.22. The fourth-order valence-corrected chi connectivity index (χ4v) is 12.0. The maximum atomic E-state index is 16.3. The van der Waals surface area contributed by atoms with Crippen molar-refractivity contribution >= 4 is 45.5 Å². The van der Waals surface area contributed by atoms with Crippen LogP contribution < -0.4 is 16.7 Å². The van der Waals surface area contributed by atoms with Crippen molar-refractivity contribution in [3.8, 4) is 11.1 Å². The minimum atomic E-state index is -1.22. The van der Waals surface area contributed by atoms with Crippen molar-refractivity contribution in [2.75, 3.05) is 38.5 Å². The van der Waals surface area contributed by atoms with Crippen LogP contribution in [-0.2, 0) is 30.1 Å². The van der Waals surface area contributed by atoms with Crippen LogP contribution in [0.2, 0.25) is 0 Å². The lowest BCUT2D eigenvalue weighted by atomic mass is 9.77. The summed E-state index contributed by atoms with van der Waals surface area (Å²) in [6.45, 7) is 6.43. The molecule has 3 saturated heterocycles. The lowest BCUT2D eigenvalue weighted by Gasteiger charge is -2.40. The van der Waals surface area contributed by atoms with E-state index in [0.29, 0.717) is 55.4 Å². The zero-order valence-corrected chi connectivity index (χ0v) is 39.6. The number of Topliss-reactive ketones (excluding diaryl/α,β-unsaturated/α-hetero) is 1. The Balaban J connectivity index is 0.665. The van der Waals surface area contributed by atoms with Crippen LogP contribution >= 0.6 is 0 Å². The number of amides is 2. The van der Waals surface area contributed by atoms with Gasteiger partial charge < -0.3 is 15.2 Å². The standard InChI is InChI=1S/C54H64FN9O4/c1-34(46-31-43-42(16-23-57-51(43)60(46)2)41-9-12-49(56)58-32-41)63-26-19-39(20-27-63)38-5-7-40(8-6-38)48(65)30-35-14-21-54(55,22-15-35)33-62-24-17-36(18-25-62)28-37-4-10-44-47(29-37)61(3)53(68)64(44)45-11-13-50(66)59-52(45)67/h4-10,12,16,23,29,31-32,34-36,39,45H,11,13-15,17-22,24-28,30,33H2,1-3H3,(H2,56,58)(H,59,66,67)/t34-,35?,45?,54?/m0/s1. The number of carbonyl (C=O) groups is 3. The van der Waals surface area contributed by atoms with Gasteiger partial charge in [-0.15, -0.1) is 0 Å². The Morgan fingerprint density at radius 3 is 2.29 bits per heavy atom. The molecule has 10 rings (SSSR count). The number of imide groups is 1. The molecular weight excluding hydrogens is 858 g/mol. The van der Waals surface area contributed by atoms with E-state index in [1.165, 1.54) is 15.8 Å². The van der Waals surface area contributed by atoms with Gasteiger partial charge in [0, 0.05) is 74.1 Å². The van der Waals surface area contributed by atoms with Crippen molar-refractivity contribution in [2.45, 2.75) is 108 Å². The zero-order chi connectivity index (χ0) is 47.3. The Labute approximate surface area is 396 Å². The summed E-state index contributed by atoms with van der Waals surface area (Å²) in [4.78, 5) is 65.0. The zero-order valence-electron chi connectivity index (χ0n) is 39.6. The Bertz CT molecular complexity index is 2900. The molecule has 1 unspecified atom stereocenters. The number of anilines is 1. The Morgan fingerprint density at radius 1 is 0.838 bits per heavy atom. The number of imidazole rings is 1. The number of carbonyl (C=O) groups excluding carboxylic acids is 3. The van der Waals surface area contributed by atoms with Crippen molar-refractivity contribution in [3.63, 3.8) is 0 Å². The molecule has 7 heterocycles. The van der Waals surface area contributed by atoms with E-state index < -0.39 is 17.6 Å². The Kier molecular flexibility index (Phi) is 12.7. The van der Waals surface area contributed by atoms with Crippen LogP contribution in [0.4, 0.5) is 10.2 Å². The van der Waals surface area contributed by atoms with E-state index >= 15 is 4.39 Å². The van der Waals surface area contributed by atoms with E-state index in [1.807, 2.05) is 54.9 Å². The van der Waals surface area contributed by atoms with E-state index in [-0.39, 0.29) is 35.8 Å². The van der Waals surface area contributed by atoms with Crippen LogP contribution in [0.15, 0.2) is 83.9 Å². The number of hydrogen-bond donors (Lipinski definition) is 2. The lowest BCUT2D eigenvalue weighted by Crippen LogP contribution is -2.45. The number of aryl methyl sites for hydroxylation is 2. The molecule has 4 aromatic heterocycles. The molecule has 13 nitrogen and oxygen atoms in total. The van der Waals surface area contributed by atoms with Gasteiger partial charge in [-0.05, 0) is 168 Å². The maximum absolute atomic E-state index is 16.3. The van der Waals surface area contributed by atoms with E-state index in [4.69, 9.17) is 10.7 Å². The first kappa shape index (κ1) is 45.8. The molecule has 2 amide bonds. The summed E-state index contributed by atoms with van der Waals surface area (Å²) in [7, 11) is 3.83. The van der Waals surface area contributed by atoms with E-state index in [0.717, 1.165) is 110 Å². The number of nitrogens with two attached hydrogens (primary N) is 1. The average molecular weight is 922 g/mol. The predicted molar refractivity (Wildman–Crippen MR) is 263 cm³/mol. The lowest BCUT2D eigenvalue weighted by molar-refractivity contribution is -0.135. The largest absolute Gasteiger partial charge is 0.384 e. The summed E-state index contributed by atoms with van der Waals surface area (Å²) in [6, 6.07) is 22.0. The fraction of sp³-hybridized carbons (Fsp3) is 0.481. The summed E-state index contributed by atoms with van der Waals surface area (Å²) in [5.74, 6) is 1.04. The molecule has 2 aromatic carbocycles. The van der Waals surface area contributed by atoms with Crippen LogP contribution in [0.25, 0.3) is 33.2 Å². The molecule has 4 aliphatic rings. The molecule has 1 saturated carbocycles. The number of likely N-dealkylation sites (tertiary alicyclic amines) is 2. The van der Waals surface area contributed by atoms with Crippen LogP contribution in [0.1, 0.15) is 123 Å². The van der Waals surface area contributed by atoms with Gasteiger partial charge in [-0.25, -0.2) is 19.2 Å². The van der Waals surface area contributed by atoms with Crippen molar-refractivity contribution in [3.05, 3.63) is 112 Å². The molecule has 0 bridgehead atoms. The van der Waals surface area contributed by atoms with Crippen molar-refractivity contribution in [1.29, 1.82) is 0 Å². The second-order valence-electron chi connectivity index (χ2n) is 20.5. The third-order valence-electron chi connectivity index (χ3n) is 16.2. The molecule has 4 fully saturated rings. The molecular formula is C54H64FN9O4. The number of piperidine rings is 3. The summed E-state index contributed by atoms with van der Waals surface area (Å²) in [5.41, 5.74) is 13.4. The van der Waals surface area contributed by atoms with E-state index in [2.05, 4.69) is 62.9 Å². The van der Waals surface area contributed by atoms with Gasteiger partial charge in [0.2, 0.25) is 11.8 Å². The number of benzene rings is 2. The molecule has 0 radical (unpaired) electrons. The fourth-order valence-electron chi connectivity index (χ4n) is 12.0. The molecule has 2 atom stereocenters. The summed E-state index contributed by atoms with van der Waals surface area (Å²) < 4.78 is 21.7. The number of halogens is 1. The molecule has 3 N–H and O–H groups in total. The Morgan fingerprint density at radius 2 is 1.59 bits per heavy atom. The van der Waals surface area contributed by atoms with Crippen LogP contribution in [0.3, 0.4) is 0 Å². The minimum Gasteiger partial charge on any atom is -0.384 e. The normalized spacial score (nSPS) is 23.1. The van der Waals surface area contributed by atoms with E-state index in [1.54, 1.807) is 11.6 Å². The topological polar surface area (TPSA) is 153 Å². The summed E-state index contributed by atoms with van der Waals surface area (Å²) in [5, 5.41) is 3.48. The van der Waals surface area contributed by atoms with Crippen molar-refractivity contribution in [2.24, 2.45) is 25.9 Å². The second kappa shape index (κ2) is 18.8. The first-order valence-electron chi connectivity index (χ1n) is 24.8. The molecule has 14 heteroatoms. The number of aromatic nitrogens is 5. The SMILES string of the molecule is C[C@@H](c1cc2c(-c3ccc(N)nc3)ccnc2n1C)N1CCC(c2ccc(C(=O)CC3CCC(F)(CN4CCC(Cc5ccc6c(c5)n(C)c(=O)n6C5CCC(=O)NC5=O)CC4)CC3)cc2)CC1. The third kappa shape index (κ3) is 9.16. The monoisotopic (exact) mass is 922 g/mol. The van der Waals surface area contributed by atoms with Crippen molar-refractivity contribution < 1.29 is 18.8 Å². The molecule has 356 valence electrons. The number of alkyl halides is 1. The highest BCUT2D eigenvalue weighted by atomic mass is 19.1. The molecule has 68 heavy (non-hydrogen) atoms. The van der Waals surface area contributed by atoms with E-state index in [9.17, 15) is 19.2 Å². The van der Waals surface area contributed by atoms with Gasteiger partial charge >= 0.3 is 5.69 Å². The van der Waals surface area contributed by atoms with Gasteiger partial charge in [0.05, 0.1) is 11.0 Å². The van der Waals surface area contributed by atoms with Crippen LogP contribution in [0.5, 0.6) is 0 Å². The van der Waals surface area contributed by atoms with Gasteiger partial charge in [-0.2, -0.15) is 0 Å². The number of pyridine rings is 2. The highest BCUT2D eigenvalue weighted by Gasteiger charge is 2.39. The third-order valence-corrected chi connectivity index (χ3v) is 16.2. The number of fused-ring (bicyclic) bond motifs is 2. The number of nitrogens with zero attached hydrogens (tertiary/aromatic N) is 7. The van der Waals surface area contributed by atoms with Gasteiger partial charge in [-0.3, -0.25) is 33.7 Å². The van der Waals surface area contributed by atoms with Crippen LogP contribution in [0, 0.1) is 11.8 Å². The molecule has 3 aliphatic heterocycles. The highest BCUT2D eigenvalue weighted by molar-refractivity contribution is 6.00. The molecule has 1 aliphatic carbocycles. The number of hydrogen-bond acceptors (Lipinski definition) is 9. The number of nitrogen functional groups attached to an aromatic ring is 1. The highest BCUT2D eigenvalue weighted by Crippen LogP contribution is 2.40. The summed E-state index contributed by atoms with van der Waals surface area (Å²) in [6.07, 6.45) is 12.1. The van der Waals surface area contributed by atoms with Gasteiger partial charge in [0.15, 0.2) is 5.78 Å². The first-order chi connectivity index (χ1) is 32.8. The quantitative estimate of drug-likeness (QED) is 0.0914. The van der Waals surface area contributed by atoms with Crippen molar-refractivity contribution in [1.82, 2.24) is 38.8 Å². The smallest absolute Gasteiger partial charge is 0.329 e. The average Bonchev–Trinajstić information content (AvgIpc) is 3.81. The number of nitrogens with one attached hydrogen (secondary N) is 1. The summed E-state index contributed by atoms with van der Waals surface area (Å²) >= 11 is 0. The second-order valence-corrected chi connectivity index (χ2v) is 20.5. The Hall–Kier alpha value is -5.99. The molecule has 6 aromatic rings. The van der Waals surface area contributed by atoms with Gasteiger partial charge in [0.25, 0.3) is 0 Å². The number of rotatable bonds is 12. The van der Waals surface area contributed by atoms with Crippen LogP contribution in [-0.4, -0.2) is 89.5 Å². The molecule has 0 spiro atoms. The van der Waals surface area contributed by atoms with Gasteiger partial charge in [-0.1, -0.05) is 30.3 Å². The first-order valence-corrected chi connectivity index (χ1v) is 24.8. The minimum absolute atomic E-state index is 0.159.